The van der Waals surface area contributed by atoms with Crippen molar-refractivity contribution in [3.05, 3.63) is 47.3 Å². The smallest absolute Gasteiger partial charge is 0.159 e. The van der Waals surface area contributed by atoms with E-state index < -0.39 is 11.6 Å². The van der Waals surface area contributed by atoms with Crippen molar-refractivity contribution in [1.29, 1.82) is 0 Å². The fourth-order valence-electron chi connectivity index (χ4n) is 1.83. The molecule has 2 heterocycles. The molecular formula is C12H9F2N3. The van der Waals surface area contributed by atoms with Crippen molar-refractivity contribution in [3.63, 3.8) is 0 Å². The van der Waals surface area contributed by atoms with Crippen molar-refractivity contribution >= 4 is 0 Å². The van der Waals surface area contributed by atoms with Gasteiger partial charge in [-0.25, -0.2) is 18.7 Å². The number of rotatable bonds is 1. The molecule has 0 aliphatic carbocycles. The van der Waals surface area contributed by atoms with Gasteiger partial charge in [-0.1, -0.05) is 0 Å². The van der Waals surface area contributed by atoms with E-state index in [9.17, 15) is 8.78 Å². The van der Waals surface area contributed by atoms with Gasteiger partial charge in [-0.05, 0) is 18.2 Å². The van der Waals surface area contributed by atoms with E-state index in [0.717, 1.165) is 29.9 Å². The van der Waals surface area contributed by atoms with Gasteiger partial charge in [0.05, 0.1) is 5.69 Å². The molecule has 5 heteroatoms. The summed E-state index contributed by atoms with van der Waals surface area (Å²) >= 11 is 0. The lowest BCUT2D eigenvalue weighted by atomic mass is 10.2. The van der Waals surface area contributed by atoms with Crippen LogP contribution in [0.4, 0.5) is 8.78 Å². The average Bonchev–Trinajstić information content (AvgIpc) is 2.79. The Balaban J connectivity index is 2.06. The highest BCUT2D eigenvalue weighted by Crippen LogP contribution is 2.20. The number of hydrogen-bond donors (Lipinski definition) is 1. The summed E-state index contributed by atoms with van der Waals surface area (Å²) < 4.78 is 25.9. The molecule has 3 nitrogen and oxygen atoms in total. The van der Waals surface area contributed by atoms with Crippen LogP contribution in [0.5, 0.6) is 0 Å². The van der Waals surface area contributed by atoms with Gasteiger partial charge in [-0.2, -0.15) is 0 Å². The van der Waals surface area contributed by atoms with Crippen LogP contribution < -0.4 is 5.32 Å². The van der Waals surface area contributed by atoms with Crippen LogP contribution in [0.2, 0.25) is 0 Å². The molecule has 0 fully saturated rings. The van der Waals surface area contributed by atoms with Gasteiger partial charge in [0.25, 0.3) is 0 Å². The number of benzene rings is 1. The minimum Gasteiger partial charge on any atom is -0.307 e. The third-order valence-corrected chi connectivity index (χ3v) is 2.74. The fourth-order valence-corrected chi connectivity index (χ4v) is 1.83. The normalized spacial score (nSPS) is 13.8. The largest absolute Gasteiger partial charge is 0.307 e. The Kier molecular flexibility index (Phi) is 2.33. The molecule has 0 bridgehead atoms. The summed E-state index contributed by atoms with van der Waals surface area (Å²) in [7, 11) is 0. The molecule has 0 saturated heterocycles. The van der Waals surface area contributed by atoms with Gasteiger partial charge in [0, 0.05) is 30.4 Å². The van der Waals surface area contributed by atoms with E-state index in [4.69, 9.17) is 0 Å². The first-order chi connectivity index (χ1) is 8.24. The molecule has 86 valence electrons. The highest BCUT2D eigenvalue weighted by Gasteiger charge is 2.14. The molecule has 0 amide bonds. The minimum absolute atomic E-state index is 0.423. The molecule has 0 spiro atoms. The molecule has 1 N–H and O–H groups in total. The summed E-state index contributed by atoms with van der Waals surface area (Å²) in [6.45, 7) is 1.45. The highest BCUT2D eigenvalue weighted by molar-refractivity contribution is 5.55. The molecule has 17 heavy (non-hydrogen) atoms. The third-order valence-electron chi connectivity index (χ3n) is 2.74. The van der Waals surface area contributed by atoms with Crippen molar-refractivity contribution in [2.24, 2.45) is 0 Å². The van der Waals surface area contributed by atoms with Crippen LogP contribution in [0.25, 0.3) is 11.4 Å². The number of hydrogen-bond acceptors (Lipinski definition) is 3. The van der Waals surface area contributed by atoms with E-state index in [2.05, 4.69) is 15.3 Å². The van der Waals surface area contributed by atoms with Crippen LogP contribution in [0.3, 0.4) is 0 Å². The average molecular weight is 233 g/mol. The second-order valence-electron chi connectivity index (χ2n) is 3.90. The monoisotopic (exact) mass is 233 g/mol. The van der Waals surface area contributed by atoms with Crippen LogP contribution in [-0.4, -0.2) is 9.97 Å². The summed E-state index contributed by atoms with van der Waals surface area (Å²) in [5, 5.41) is 3.15. The first-order valence-corrected chi connectivity index (χ1v) is 5.25. The predicted molar refractivity (Wildman–Crippen MR) is 57.9 cm³/mol. The Labute approximate surface area is 96.5 Å². The molecule has 0 saturated carbocycles. The van der Waals surface area contributed by atoms with Crippen LogP contribution in [0, 0.1) is 11.6 Å². The van der Waals surface area contributed by atoms with Crippen molar-refractivity contribution in [2.75, 3.05) is 0 Å². The second-order valence-corrected chi connectivity index (χ2v) is 3.90. The van der Waals surface area contributed by atoms with Crippen molar-refractivity contribution in [3.8, 4) is 11.4 Å². The number of nitrogens with one attached hydrogen (secondary N) is 1. The number of halogens is 2. The zero-order valence-electron chi connectivity index (χ0n) is 8.87. The molecule has 2 aromatic rings. The molecule has 3 rings (SSSR count). The SMILES string of the molecule is Fc1ccc(-c2ncc3c(n2)CNC3)cc1F. The fraction of sp³-hybridized carbons (Fsp3) is 0.167. The Hall–Kier alpha value is -1.88. The first-order valence-electron chi connectivity index (χ1n) is 5.25. The molecule has 1 aromatic carbocycles. The lowest BCUT2D eigenvalue weighted by Crippen LogP contribution is -2.00. The van der Waals surface area contributed by atoms with E-state index >= 15 is 0 Å². The van der Waals surface area contributed by atoms with Crippen molar-refractivity contribution < 1.29 is 8.78 Å². The Morgan fingerprint density at radius 1 is 1.12 bits per heavy atom. The summed E-state index contributed by atoms with van der Waals surface area (Å²) in [4.78, 5) is 8.48. The van der Waals surface area contributed by atoms with Crippen LogP contribution in [-0.2, 0) is 13.1 Å². The number of fused-ring (bicyclic) bond motifs is 1. The summed E-state index contributed by atoms with van der Waals surface area (Å²) in [6.07, 6.45) is 1.72. The van der Waals surface area contributed by atoms with Crippen molar-refractivity contribution in [1.82, 2.24) is 15.3 Å². The second kappa shape index (κ2) is 3.85. The first kappa shape index (κ1) is 10.3. The van der Waals surface area contributed by atoms with Gasteiger partial charge in [0.15, 0.2) is 17.5 Å². The van der Waals surface area contributed by atoms with E-state index in [-0.39, 0.29) is 0 Å². The number of nitrogens with zero attached hydrogens (tertiary/aromatic N) is 2. The van der Waals surface area contributed by atoms with E-state index in [1.807, 2.05) is 0 Å². The molecule has 1 aromatic heterocycles. The van der Waals surface area contributed by atoms with E-state index in [1.54, 1.807) is 6.20 Å². The third kappa shape index (κ3) is 1.78. The standard InChI is InChI=1S/C12H9F2N3/c13-9-2-1-7(3-10(9)14)12-16-5-8-4-15-6-11(8)17-12/h1-3,5,15H,4,6H2. The molecule has 1 aliphatic rings. The van der Waals surface area contributed by atoms with Gasteiger partial charge in [-0.3, -0.25) is 0 Å². The van der Waals surface area contributed by atoms with Crippen LogP contribution >= 0.6 is 0 Å². The van der Waals surface area contributed by atoms with Crippen molar-refractivity contribution in [2.45, 2.75) is 13.1 Å². The van der Waals surface area contributed by atoms with E-state index in [1.165, 1.54) is 6.07 Å². The summed E-state index contributed by atoms with van der Waals surface area (Å²) in [5.41, 5.74) is 2.45. The Bertz CT molecular complexity index is 584. The Morgan fingerprint density at radius 2 is 2.00 bits per heavy atom. The lowest BCUT2D eigenvalue weighted by molar-refractivity contribution is 0.509. The quantitative estimate of drug-likeness (QED) is 0.818. The highest BCUT2D eigenvalue weighted by atomic mass is 19.2. The lowest BCUT2D eigenvalue weighted by Gasteiger charge is -2.03. The predicted octanol–water partition coefficient (Wildman–Crippen LogP) is 2.02. The Morgan fingerprint density at radius 3 is 2.82 bits per heavy atom. The zero-order chi connectivity index (χ0) is 11.8. The summed E-state index contributed by atoms with van der Waals surface area (Å²) in [6, 6.07) is 3.67. The molecule has 0 atom stereocenters. The van der Waals surface area contributed by atoms with Gasteiger partial charge in [0.2, 0.25) is 0 Å². The maximum absolute atomic E-state index is 13.1. The van der Waals surface area contributed by atoms with E-state index in [0.29, 0.717) is 17.9 Å². The maximum atomic E-state index is 13.1. The molecule has 1 aliphatic heterocycles. The molecule has 0 radical (unpaired) electrons. The summed E-state index contributed by atoms with van der Waals surface area (Å²) in [5.74, 6) is -1.33. The maximum Gasteiger partial charge on any atom is 0.159 e. The minimum atomic E-state index is -0.885. The van der Waals surface area contributed by atoms with Gasteiger partial charge in [-0.15, -0.1) is 0 Å². The van der Waals surface area contributed by atoms with Gasteiger partial charge >= 0.3 is 0 Å². The molecule has 0 unspecified atom stereocenters. The van der Waals surface area contributed by atoms with Gasteiger partial charge in [0.1, 0.15) is 0 Å². The molecular weight excluding hydrogens is 224 g/mol. The van der Waals surface area contributed by atoms with Crippen LogP contribution in [0.15, 0.2) is 24.4 Å². The zero-order valence-corrected chi connectivity index (χ0v) is 8.87. The topological polar surface area (TPSA) is 37.8 Å². The van der Waals surface area contributed by atoms with Gasteiger partial charge < -0.3 is 5.32 Å². The van der Waals surface area contributed by atoms with Crippen LogP contribution in [0.1, 0.15) is 11.3 Å². The number of aromatic nitrogens is 2.